The Morgan fingerprint density at radius 1 is 1.60 bits per heavy atom. The van der Waals surface area contributed by atoms with Crippen molar-refractivity contribution < 1.29 is 9.52 Å². The highest BCUT2D eigenvalue weighted by Gasteiger charge is 1.92. The van der Waals surface area contributed by atoms with Gasteiger partial charge in [0.2, 0.25) is 0 Å². The predicted molar refractivity (Wildman–Crippen MR) is 37.5 cm³/mol. The Morgan fingerprint density at radius 2 is 2.50 bits per heavy atom. The highest BCUT2D eigenvalue weighted by molar-refractivity contribution is 4.98. The lowest BCUT2D eigenvalue weighted by atomic mass is 10.3. The van der Waals surface area contributed by atoms with Gasteiger partial charge in [0.25, 0.3) is 0 Å². The van der Waals surface area contributed by atoms with E-state index in [0.717, 1.165) is 18.7 Å². The van der Waals surface area contributed by atoms with Crippen LogP contribution in [-0.4, -0.2) is 18.4 Å². The molecular weight excluding hydrogens is 130 g/mol. The van der Waals surface area contributed by atoms with Crippen molar-refractivity contribution in [1.82, 2.24) is 5.32 Å². The van der Waals surface area contributed by atoms with Crippen molar-refractivity contribution in [2.24, 2.45) is 0 Å². The summed E-state index contributed by atoms with van der Waals surface area (Å²) in [6.45, 7) is 0.782. The summed E-state index contributed by atoms with van der Waals surface area (Å²) in [5, 5.41) is 11.1. The Labute approximate surface area is 59.7 Å². The summed E-state index contributed by atoms with van der Waals surface area (Å²) in [6.07, 6.45) is 2.47. The summed E-state index contributed by atoms with van der Waals surface area (Å²) in [6, 6.07) is 3.77. The maximum Gasteiger partial charge on any atom is 0.105 e. The number of furan rings is 1. The lowest BCUT2D eigenvalue weighted by molar-refractivity contribution is 0.260. The zero-order valence-corrected chi connectivity index (χ0v) is 5.71. The molecule has 1 aromatic rings. The number of nitrogens with one attached hydrogen (secondary N) is 1. The molecule has 0 saturated heterocycles. The second-order valence-electron chi connectivity index (χ2n) is 1.99. The molecule has 56 valence electrons. The lowest BCUT2D eigenvalue weighted by Gasteiger charge is -1.96. The van der Waals surface area contributed by atoms with Gasteiger partial charge in [0, 0.05) is 13.0 Å². The van der Waals surface area contributed by atoms with Gasteiger partial charge in [0.1, 0.15) is 5.76 Å². The van der Waals surface area contributed by atoms with Crippen molar-refractivity contribution in [3.05, 3.63) is 24.2 Å². The predicted octanol–water partition coefficient (Wildman–Crippen LogP) is 0.361. The van der Waals surface area contributed by atoms with E-state index in [4.69, 9.17) is 9.52 Å². The third kappa shape index (κ3) is 2.21. The first-order valence-corrected chi connectivity index (χ1v) is 3.27. The Hall–Kier alpha value is -0.800. The Bertz CT molecular complexity index is 160. The number of aliphatic hydroxyl groups is 1. The summed E-state index contributed by atoms with van der Waals surface area (Å²) in [5.74, 6) is 0.945. The van der Waals surface area contributed by atoms with Crippen molar-refractivity contribution in [3.8, 4) is 0 Å². The average molecular weight is 141 g/mol. The molecule has 0 aliphatic rings. The second-order valence-corrected chi connectivity index (χ2v) is 1.99. The third-order valence-corrected chi connectivity index (χ3v) is 1.24. The smallest absolute Gasteiger partial charge is 0.105 e. The van der Waals surface area contributed by atoms with E-state index in [9.17, 15) is 0 Å². The largest absolute Gasteiger partial charge is 0.469 e. The lowest BCUT2D eigenvalue weighted by Crippen LogP contribution is -2.17. The highest BCUT2D eigenvalue weighted by Crippen LogP contribution is 1.98. The van der Waals surface area contributed by atoms with Gasteiger partial charge in [0.05, 0.1) is 13.0 Å². The molecule has 0 bridgehead atoms. The van der Waals surface area contributed by atoms with E-state index in [1.165, 1.54) is 0 Å². The molecule has 2 N–H and O–H groups in total. The fourth-order valence-electron chi connectivity index (χ4n) is 0.745. The first-order chi connectivity index (χ1) is 4.93. The zero-order chi connectivity index (χ0) is 7.23. The second kappa shape index (κ2) is 4.09. The van der Waals surface area contributed by atoms with Crippen molar-refractivity contribution in [2.75, 3.05) is 13.3 Å². The van der Waals surface area contributed by atoms with Crippen LogP contribution in [0.5, 0.6) is 0 Å². The molecule has 0 saturated carbocycles. The maximum absolute atomic E-state index is 8.35. The van der Waals surface area contributed by atoms with E-state index >= 15 is 0 Å². The summed E-state index contributed by atoms with van der Waals surface area (Å²) in [4.78, 5) is 0. The minimum atomic E-state index is 0.0285. The SMILES string of the molecule is OCNCCc1ccco1. The molecule has 0 aliphatic carbocycles. The van der Waals surface area contributed by atoms with E-state index in [2.05, 4.69) is 5.32 Å². The topological polar surface area (TPSA) is 45.4 Å². The number of hydrogen-bond donors (Lipinski definition) is 2. The van der Waals surface area contributed by atoms with E-state index in [-0.39, 0.29) is 6.73 Å². The van der Waals surface area contributed by atoms with Crippen LogP contribution in [0.4, 0.5) is 0 Å². The Morgan fingerprint density at radius 3 is 3.10 bits per heavy atom. The maximum atomic E-state index is 8.35. The zero-order valence-electron chi connectivity index (χ0n) is 5.71. The summed E-state index contributed by atoms with van der Waals surface area (Å²) >= 11 is 0. The van der Waals surface area contributed by atoms with Crippen LogP contribution in [-0.2, 0) is 6.42 Å². The molecule has 0 aliphatic heterocycles. The molecule has 0 amide bonds. The quantitative estimate of drug-likeness (QED) is 0.470. The van der Waals surface area contributed by atoms with E-state index in [1.807, 2.05) is 12.1 Å². The molecule has 0 radical (unpaired) electrons. The number of aliphatic hydroxyl groups excluding tert-OH is 1. The first kappa shape index (κ1) is 7.31. The van der Waals surface area contributed by atoms with Crippen molar-refractivity contribution in [2.45, 2.75) is 6.42 Å². The van der Waals surface area contributed by atoms with E-state index < -0.39 is 0 Å². The molecule has 0 aromatic carbocycles. The molecule has 1 rings (SSSR count). The van der Waals surface area contributed by atoms with Crippen LogP contribution in [0.3, 0.4) is 0 Å². The summed E-state index contributed by atoms with van der Waals surface area (Å²) in [7, 11) is 0. The number of hydrogen-bond acceptors (Lipinski definition) is 3. The molecule has 0 spiro atoms. The van der Waals surface area contributed by atoms with Crippen molar-refractivity contribution in [1.29, 1.82) is 0 Å². The molecule has 3 nitrogen and oxygen atoms in total. The minimum absolute atomic E-state index is 0.0285. The highest BCUT2D eigenvalue weighted by atomic mass is 16.3. The Balaban J connectivity index is 2.15. The normalized spacial score (nSPS) is 10.1. The third-order valence-electron chi connectivity index (χ3n) is 1.24. The molecule has 0 fully saturated rings. The summed E-state index contributed by atoms with van der Waals surface area (Å²) in [5.41, 5.74) is 0. The van der Waals surface area contributed by atoms with Crippen LogP contribution in [0.2, 0.25) is 0 Å². The monoisotopic (exact) mass is 141 g/mol. The molecule has 10 heavy (non-hydrogen) atoms. The van der Waals surface area contributed by atoms with Crippen LogP contribution in [0.15, 0.2) is 22.8 Å². The fraction of sp³-hybridized carbons (Fsp3) is 0.429. The minimum Gasteiger partial charge on any atom is -0.469 e. The van der Waals surface area contributed by atoms with Gasteiger partial charge in [-0.25, -0.2) is 0 Å². The van der Waals surface area contributed by atoms with E-state index in [1.54, 1.807) is 6.26 Å². The first-order valence-electron chi connectivity index (χ1n) is 3.27. The van der Waals surface area contributed by atoms with Crippen LogP contribution < -0.4 is 5.32 Å². The molecule has 1 aromatic heterocycles. The summed E-state index contributed by atoms with van der Waals surface area (Å²) < 4.78 is 5.06. The molecule has 1 heterocycles. The van der Waals surface area contributed by atoms with Gasteiger partial charge in [0.15, 0.2) is 0 Å². The van der Waals surface area contributed by atoms with Crippen LogP contribution >= 0.6 is 0 Å². The van der Waals surface area contributed by atoms with Crippen LogP contribution in [0.1, 0.15) is 5.76 Å². The molecule has 0 unspecified atom stereocenters. The van der Waals surface area contributed by atoms with Gasteiger partial charge >= 0.3 is 0 Å². The van der Waals surface area contributed by atoms with Crippen molar-refractivity contribution >= 4 is 0 Å². The molecule has 0 atom stereocenters. The molecule has 3 heteroatoms. The fourth-order valence-corrected chi connectivity index (χ4v) is 0.745. The van der Waals surface area contributed by atoms with Crippen LogP contribution in [0.25, 0.3) is 0 Å². The average Bonchev–Trinajstić information content (AvgIpc) is 2.41. The Kier molecular flexibility index (Phi) is 2.99. The van der Waals surface area contributed by atoms with E-state index in [0.29, 0.717) is 0 Å². The van der Waals surface area contributed by atoms with Crippen LogP contribution in [0, 0.1) is 0 Å². The van der Waals surface area contributed by atoms with Gasteiger partial charge in [-0.15, -0.1) is 0 Å². The number of rotatable bonds is 4. The van der Waals surface area contributed by atoms with Gasteiger partial charge in [-0.1, -0.05) is 0 Å². The van der Waals surface area contributed by atoms with Gasteiger partial charge in [-0.3, -0.25) is 5.32 Å². The van der Waals surface area contributed by atoms with Gasteiger partial charge in [-0.2, -0.15) is 0 Å². The standard InChI is InChI=1S/C7H11NO2/c9-6-8-4-3-7-2-1-5-10-7/h1-2,5,8-9H,3-4,6H2. The van der Waals surface area contributed by atoms with Crippen molar-refractivity contribution in [3.63, 3.8) is 0 Å². The molecular formula is C7H11NO2. The van der Waals surface area contributed by atoms with Gasteiger partial charge in [-0.05, 0) is 12.1 Å². The van der Waals surface area contributed by atoms with Gasteiger partial charge < -0.3 is 9.52 Å².